The number of pyridine rings is 1. The smallest absolute Gasteiger partial charge is 0.221 e. The predicted molar refractivity (Wildman–Crippen MR) is 141 cm³/mol. The Bertz CT molecular complexity index is 1410. The van der Waals surface area contributed by atoms with Gasteiger partial charge in [-0.25, -0.2) is 4.98 Å². The third-order valence-electron chi connectivity index (χ3n) is 6.40. The topological polar surface area (TPSA) is 112 Å². The van der Waals surface area contributed by atoms with Gasteiger partial charge in [0, 0.05) is 42.0 Å². The molecule has 1 radical (unpaired) electrons. The van der Waals surface area contributed by atoms with Crippen LogP contribution in [-0.4, -0.2) is 35.7 Å². The van der Waals surface area contributed by atoms with Gasteiger partial charge in [-0.3, -0.25) is 4.98 Å². The van der Waals surface area contributed by atoms with Gasteiger partial charge in [0.25, 0.3) is 0 Å². The first kappa shape index (κ1) is 23.7. The van der Waals surface area contributed by atoms with Crippen LogP contribution in [0, 0.1) is 6.07 Å². The molecule has 1 aliphatic rings. The first-order chi connectivity index (χ1) is 17.5. The molecule has 1 atom stereocenters. The van der Waals surface area contributed by atoms with Crippen molar-refractivity contribution in [1.82, 2.24) is 15.0 Å². The molecular formula is C27H26ClN6O2. The van der Waals surface area contributed by atoms with Gasteiger partial charge in [-0.15, -0.1) is 0 Å². The predicted octanol–water partition coefficient (Wildman–Crippen LogP) is 4.25. The Morgan fingerprint density at radius 2 is 1.94 bits per heavy atom. The van der Waals surface area contributed by atoms with Crippen LogP contribution >= 0.6 is 11.6 Å². The van der Waals surface area contributed by atoms with Gasteiger partial charge in [-0.05, 0) is 41.3 Å². The van der Waals surface area contributed by atoms with E-state index in [1.807, 2.05) is 18.2 Å². The summed E-state index contributed by atoms with van der Waals surface area (Å²) >= 11 is 6.41. The van der Waals surface area contributed by atoms with Crippen molar-refractivity contribution in [2.45, 2.75) is 18.9 Å². The van der Waals surface area contributed by atoms with E-state index in [4.69, 9.17) is 37.5 Å². The van der Waals surface area contributed by atoms with Crippen molar-refractivity contribution >= 4 is 29.1 Å². The number of nitrogens with two attached hydrogens (primary N) is 2. The molecule has 0 bridgehead atoms. The van der Waals surface area contributed by atoms with E-state index in [9.17, 15) is 0 Å². The first-order valence-corrected chi connectivity index (χ1v) is 11.9. The van der Waals surface area contributed by atoms with Crippen LogP contribution in [0.1, 0.15) is 34.0 Å². The Morgan fingerprint density at radius 3 is 2.69 bits per heavy atom. The number of hydrogen-bond acceptors (Lipinski definition) is 8. The molecule has 0 saturated carbocycles. The number of ether oxygens (including phenoxy) is 2. The summed E-state index contributed by atoms with van der Waals surface area (Å²) in [5.74, 6) is 1.56. The Hall–Kier alpha value is -4.04. The lowest BCUT2D eigenvalue weighted by atomic mass is 9.88. The van der Waals surface area contributed by atoms with Gasteiger partial charge in [-0.1, -0.05) is 35.9 Å². The minimum Gasteiger partial charge on any atom is -0.492 e. The van der Waals surface area contributed by atoms with Gasteiger partial charge in [-0.2, -0.15) is 4.98 Å². The number of nitrogen functional groups attached to an aromatic ring is 2. The van der Waals surface area contributed by atoms with Crippen LogP contribution < -0.4 is 25.8 Å². The molecule has 1 unspecified atom stereocenters. The SMILES string of the molecule is COc1[c]cc(Cc2cnc(N)nc2N)c(N2CCc3ccccc3C2c2cc(Cl)ccn2)c1OC. The van der Waals surface area contributed by atoms with Crippen LogP contribution in [0.25, 0.3) is 0 Å². The van der Waals surface area contributed by atoms with E-state index in [0.29, 0.717) is 28.8 Å². The maximum atomic E-state index is 6.41. The van der Waals surface area contributed by atoms with Crippen molar-refractivity contribution in [1.29, 1.82) is 0 Å². The Balaban J connectivity index is 1.72. The normalized spacial score (nSPS) is 14.9. The van der Waals surface area contributed by atoms with Crippen molar-refractivity contribution in [2.75, 3.05) is 37.1 Å². The van der Waals surface area contributed by atoms with E-state index in [-0.39, 0.29) is 12.0 Å². The zero-order valence-corrected chi connectivity index (χ0v) is 20.8. The second-order valence-corrected chi connectivity index (χ2v) is 8.92. The third kappa shape index (κ3) is 4.35. The van der Waals surface area contributed by atoms with E-state index in [1.165, 1.54) is 5.56 Å². The average Bonchev–Trinajstić information content (AvgIpc) is 2.89. The molecule has 5 rings (SSSR count). The monoisotopic (exact) mass is 501 g/mol. The average molecular weight is 502 g/mol. The molecule has 4 N–H and O–H groups in total. The number of methoxy groups -OCH3 is 2. The molecule has 1 aliphatic heterocycles. The molecule has 0 amide bonds. The summed E-state index contributed by atoms with van der Waals surface area (Å²) in [6.07, 6.45) is 4.69. The van der Waals surface area contributed by atoms with E-state index >= 15 is 0 Å². The molecular weight excluding hydrogens is 476 g/mol. The van der Waals surface area contributed by atoms with Crippen molar-refractivity contribution in [3.8, 4) is 11.5 Å². The highest BCUT2D eigenvalue weighted by Crippen LogP contribution is 2.47. The van der Waals surface area contributed by atoms with Crippen LogP contribution in [0.3, 0.4) is 0 Å². The molecule has 8 nitrogen and oxygen atoms in total. The van der Waals surface area contributed by atoms with E-state index < -0.39 is 0 Å². The van der Waals surface area contributed by atoms with Crippen LogP contribution in [0.2, 0.25) is 5.02 Å². The van der Waals surface area contributed by atoms with Gasteiger partial charge in [0.05, 0.1) is 31.6 Å². The molecule has 0 aliphatic carbocycles. The molecule has 183 valence electrons. The molecule has 3 heterocycles. The summed E-state index contributed by atoms with van der Waals surface area (Å²) in [5, 5.41) is 0.626. The molecule has 2 aromatic heterocycles. The summed E-state index contributed by atoms with van der Waals surface area (Å²) < 4.78 is 11.5. The fourth-order valence-corrected chi connectivity index (χ4v) is 4.97. The fourth-order valence-electron chi connectivity index (χ4n) is 4.80. The van der Waals surface area contributed by atoms with E-state index in [2.05, 4.69) is 39.1 Å². The zero-order chi connectivity index (χ0) is 25.2. The molecule has 9 heteroatoms. The van der Waals surface area contributed by atoms with Gasteiger partial charge < -0.3 is 25.8 Å². The van der Waals surface area contributed by atoms with Gasteiger partial charge in [0.15, 0.2) is 11.5 Å². The Kier molecular flexibility index (Phi) is 6.52. The lowest BCUT2D eigenvalue weighted by Crippen LogP contribution is -2.37. The highest BCUT2D eigenvalue weighted by molar-refractivity contribution is 6.30. The van der Waals surface area contributed by atoms with Crippen molar-refractivity contribution in [2.24, 2.45) is 0 Å². The van der Waals surface area contributed by atoms with E-state index in [0.717, 1.165) is 41.0 Å². The molecule has 36 heavy (non-hydrogen) atoms. The van der Waals surface area contributed by atoms with Gasteiger partial charge >= 0.3 is 0 Å². The van der Waals surface area contributed by atoms with Crippen LogP contribution in [-0.2, 0) is 12.8 Å². The maximum Gasteiger partial charge on any atom is 0.221 e. The summed E-state index contributed by atoms with van der Waals surface area (Å²) in [5.41, 5.74) is 17.7. The minimum atomic E-state index is -0.201. The summed E-state index contributed by atoms with van der Waals surface area (Å²) in [6, 6.07) is 17.0. The zero-order valence-electron chi connectivity index (χ0n) is 20.0. The second kappa shape index (κ2) is 9.91. The molecule has 4 aromatic rings. The second-order valence-electron chi connectivity index (χ2n) is 8.49. The molecule has 2 aromatic carbocycles. The number of fused-ring (bicyclic) bond motifs is 1. The summed E-state index contributed by atoms with van der Waals surface area (Å²) in [6.45, 7) is 0.722. The fraction of sp³-hybridized carbons (Fsp3) is 0.222. The van der Waals surface area contributed by atoms with Crippen molar-refractivity contribution in [3.05, 3.63) is 93.9 Å². The number of hydrogen-bond donors (Lipinski definition) is 2. The van der Waals surface area contributed by atoms with E-state index in [1.54, 1.807) is 32.7 Å². The van der Waals surface area contributed by atoms with Crippen LogP contribution in [0.15, 0.2) is 54.9 Å². The number of rotatable bonds is 6. The highest BCUT2D eigenvalue weighted by atomic mass is 35.5. The van der Waals surface area contributed by atoms with Crippen LogP contribution in [0.4, 0.5) is 17.5 Å². The quantitative estimate of drug-likeness (QED) is 0.403. The largest absolute Gasteiger partial charge is 0.492 e. The third-order valence-corrected chi connectivity index (χ3v) is 6.64. The minimum absolute atomic E-state index is 0.134. The molecule has 0 saturated heterocycles. The maximum absolute atomic E-state index is 6.41. The first-order valence-electron chi connectivity index (χ1n) is 11.5. The number of benzene rings is 2. The number of aromatic nitrogens is 3. The lowest BCUT2D eigenvalue weighted by molar-refractivity contribution is 0.353. The van der Waals surface area contributed by atoms with Crippen molar-refractivity contribution in [3.63, 3.8) is 0 Å². The van der Waals surface area contributed by atoms with Gasteiger partial charge in [0.1, 0.15) is 5.82 Å². The number of anilines is 3. The summed E-state index contributed by atoms with van der Waals surface area (Å²) in [4.78, 5) is 15.3. The highest BCUT2D eigenvalue weighted by Gasteiger charge is 2.34. The van der Waals surface area contributed by atoms with Crippen molar-refractivity contribution < 1.29 is 9.47 Å². The van der Waals surface area contributed by atoms with Crippen LogP contribution in [0.5, 0.6) is 11.5 Å². The Morgan fingerprint density at radius 1 is 1.11 bits per heavy atom. The molecule has 0 fully saturated rings. The van der Waals surface area contributed by atoms with Gasteiger partial charge in [0.2, 0.25) is 5.95 Å². The summed E-state index contributed by atoms with van der Waals surface area (Å²) in [7, 11) is 3.23. The number of nitrogens with zero attached hydrogens (tertiary/aromatic N) is 4. The molecule has 0 spiro atoms. The Labute approximate surface area is 214 Å². The number of halogens is 1. The lowest BCUT2D eigenvalue weighted by Gasteiger charge is -2.40. The standard InChI is InChI=1S/C27H26ClN6O2/c1-35-22-8-7-17(13-18-15-32-27(30)33-26(18)29)23(25(22)36-2)34-12-10-16-5-3-4-6-20(16)24(34)21-14-19(28)9-11-31-21/h3-7,9,11,14-15,24H,10,12-13H2,1-2H3,(H4,29,30,32,33).